The molecule has 0 spiro atoms. The molecule has 2 aliphatic heterocycles. The molecule has 1 amide bonds. The minimum atomic E-state index is -0.187. The van der Waals surface area contributed by atoms with Crippen molar-refractivity contribution in [3.05, 3.63) is 0 Å². The molecular weight excluding hydrogens is 178 g/mol. The highest BCUT2D eigenvalue weighted by Gasteiger charge is 2.48. The van der Waals surface area contributed by atoms with Crippen LogP contribution in [0.3, 0.4) is 0 Å². The number of nitrogens with one attached hydrogen (secondary N) is 1. The molecule has 4 heteroatoms. The Bertz CT molecular complexity index is 244. The van der Waals surface area contributed by atoms with Crippen molar-refractivity contribution in [3.8, 4) is 0 Å². The third-order valence-electron chi connectivity index (χ3n) is 3.83. The molecule has 0 saturated carbocycles. The van der Waals surface area contributed by atoms with Crippen LogP contribution in [-0.4, -0.2) is 42.5 Å². The summed E-state index contributed by atoms with van der Waals surface area (Å²) < 4.78 is 0. The maximum absolute atomic E-state index is 11.1. The van der Waals surface area contributed by atoms with Crippen molar-refractivity contribution in [3.63, 3.8) is 0 Å². The normalized spacial score (nSPS) is 37.4. The zero-order chi connectivity index (χ0) is 10.2. The van der Waals surface area contributed by atoms with Crippen molar-refractivity contribution in [1.82, 2.24) is 10.2 Å². The first-order chi connectivity index (χ1) is 6.68. The van der Waals surface area contributed by atoms with Gasteiger partial charge in [0.05, 0.1) is 0 Å². The number of nitrogens with two attached hydrogens (primary N) is 1. The predicted octanol–water partition coefficient (Wildman–Crippen LogP) is -0.312. The summed E-state index contributed by atoms with van der Waals surface area (Å²) in [6.07, 6.45) is 3.99. The molecule has 2 heterocycles. The van der Waals surface area contributed by atoms with E-state index in [1.165, 1.54) is 19.4 Å². The Hall–Kier alpha value is -0.610. The second kappa shape index (κ2) is 3.51. The standard InChI is InChI=1S/C10H19N3O/c1-12-10(7-9(11)14)4-6-13-5-2-3-8(10)13/h8,12H,2-7H2,1H3,(H2,11,14). The Morgan fingerprint density at radius 2 is 2.43 bits per heavy atom. The van der Waals surface area contributed by atoms with Crippen LogP contribution in [0.25, 0.3) is 0 Å². The SMILES string of the molecule is CNC1(CC(N)=O)CCN2CCCC21. The Morgan fingerprint density at radius 3 is 3.07 bits per heavy atom. The number of likely N-dealkylation sites (N-methyl/N-ethyl adjacent to an activating group) is 1. The van der Waals surface area contributed by atoms with Gasteiger partial charge in [0.2, 0.25) is 5.91 Å². The number of carbonyl (C=O) groups excluding carboxylic acids is 1. The second-order valence-electron chi connectivity index (χ2n) is 4.49. The predicted molar refractivity (Wildman–Crippen MR) is 54.8 cm³/mol. The Balaban J connectivity index is 2.15. The summed E-state index contributed by atoms with van der Waals surface area (Å²) in [6.45, 7) is 2.30. The van der Waals surface area contributed by atoms with Crippen LogP contribution >= 0.6 is 0 Å². The van der Waals surface area contributed by atoms with Crippen molar-refractivity contribution in [2.75, 3.05) is 20.1 Å². The highest BCUT2D eigenvalue weighted by molar-refractivity contribution is 5.75. The molecule has 2 atom stereocenters. The first-order valence-electron chi connectivity index (χ1n) is 5.39. The molecule has 0 aliphatic carbocycles. The van der Waals surface area contributed by atoms with Gasteiger partial charge in [0.25, 0.3) is 0 Å². The Kier molecular flexibility index (Phi) is 2.49. The van der Waals surface area contributed by atoms with Crippen LogP contribution in [0.4, 0.5) is 0 Å². The molecular formula is C10H19N3O. The van der Waals surface area contributed by atoms with Crippen LogP contribution in [0, 0.1) is 0 Å². The molecule has 0 radical (unpaired) electrons. The first-order valence-corrected chi connectivity index (χ1v) is 5.39. The van der Waals surface area contributed by atoms with Gasteiger partial charge >= 0.3 is 0 Å². The number of hydrogen-bond acceptors (Lipinski definition) is 3. The topological polar surface area (TPSA) is 58.4 Å². The summed E-state index contributed by atoms with van der Waals surface area (Å²) in [4.78, 5) is 13.6. The smallest absolute Gasteiger partial charge is 0.219 e. The van der Waals surface area contributed by atoms with Crippen molar-refractivity contribution < 1.29 is 4.79 Å². The Morgan fingerprint density at radius 1 is 1.64 bits per heavy atom. The van der Waals surface area contributed by atoms with Gasteiger partial charge in [0.15, 0.2) is 0 Å². The Labute approximate surface area is 84.8 Å². The van der Waals surface area contributed by atoms with Crippen molar-refractivity contribution in [1.29, 1.82) is 0 Å². The van der Waals surface area contributed by atoms with Crippen LogP contribution in [0.1, 0.15) is 25.7 Å². The summed E-state index contributed by atoms with van der Waals surface area (Å²) in [6, 6.07) is 0.528. The monoisotopic (exact) mass is 197 g/mol. The fourth-order valence-corrected chi connectivity index (χ4v) is 3.13. The summed E-state index contributed by atoms with van der Waals surface area (Å²) in [5, 5.41) is 3.34. The fraction of sp³-hybridized carbons (Fsp3) is 0.900. The largest absolute Gasteiger partial charge is 0.370 e. The summed E-state index contributed by atoms with van der Waals surface area (Å²) >= 11 is 0. The molecule has 0 aromatic rings. The van der Waals surface area contributed by atoms with Crippen molar-refractivity contribution in [2.45, 2.75) is 37.3 Å². The second-order valence-corrected chi connectivity index (χ2v) is 4.49. The molecule has 80 valence electrons. The van der Waals surface area contributed by atoms with Gasteiger partial charge < -0.3 is 11.1 Å². The van der Waals surface area contributed by atoms with Gasteiger partial charge in [-0.15, -0.1) is 0 Å². The minimum absolute atomic E-state index is 0.0394. The average molecular weight is 197 g/mol. The maximum atomic E-state index is 11.1. The quantitative estimate of drug-likeness (QED) is 0.652. The van der Waals surface area contributed by atoms with E-state index < -0.39 is 0 Å². The zero-order valence-electron chi connectivity index (χ0n) is 8.75. The van der Waals surface area contributed by atoms with Crippen LogP contribution < -0.4 is 11.1 Å². The number of primary amides is 1. The van der Waals surface area contributed by atoms with Gasteiger partial charge in [-0.25, -0.2) is 0 Å². The van der Waals surface area contributed by atoms with Crippen LogP contribution in [0.15, 0.2) is 0 Å². The third-order valence-corrected chi connectivity index (χ3v) is 3.83. The van der Waals surface area contributed by atoms with E-state index in [9.17, 15) is 4.79 Å². The molecule has 0 bridgehead atoms. The number of nitrogens with zero attached hydrogens (tertiary/aromatic N) is 1. The lowest BCUT2D eigenvalue weighted by Crippen LogP contribution is -2.53. The lowest BCUT2D eigenvalue weighted by atomic mass is 9.85. The molecule has 14 heavy (non-hydrogen) atoms. The summed E-state index contributed by atoms with van der Waals surface area (Å²) in [5.74, 6) is -0.187. The zero-order valence-corrected chi connectivity index (χ0v) is 8.75. The van der Waals surface area contributed by atoms with Gasteiger partial charge in [-0.1, -0.05) is 0 Å². The molecule has 3 N–H and O–H groups in total. The van der Waals surface area contributed by atoms with E-state index in [4.69, 9.17) is 5.73 Å². The van der Waals surface area contributed by atoms with Crippen LogP contribution in [-0.2, 0) is 4.79 Å². The van der Waals surface area contributed by atoms with E-state index in [1.807, 2.05) is 7.05 Å². The number of amides is 1. The van der Waals surface area contributed by atoms with Gasteiger partial charge in [-0.05, 0) is 32.9 Å². The van der Waals surface area contributed by atoms with E-state index in [0.717, 1.165) is 13.0 Å². The van der Waals surface area contributed by atoms with Crippen molar-refractivity contribution in [2.24, 2.45) is 5.73 Å². The van der Waals surface area contributed by atoms with E-state index >= 15 is 0 Å². The molecule has 0 aromatic carbocycles. The van der Waals surface area contributed by atoms with Crippen molar-refractivity contribution >= 4 is 5.91 Å². The number of fused-ring (bicyclic) bond motifs is 1. The van der Waals surface area contributed by atoms with Gasteiger partial charge in [-0.3, -0.25) is 9.69 Å². The maximum Gasteiger partial charge on any atom is 0.219 e. The summed E-state index contributed by atoms with van der Waals surface area (Å²) in [7, 11) is 1.95. The highest BCUT2D eigenvalue weighted by Crippen LogP contribution is 2.37. The average Bonchev–Trinajstić information content (AvgIpc) is 2.68. The van der Waals surface area contributed by atoms with E-state index in [1.54, 1.807) is 0 Å². The third kappa shape index (κ3) is 1.42. The first kappa shape index (κ1) is 9.93. The van der Waals surface area contributed by atoms with Crippen LogP contribution in [0.5, 0.6) is 0 Å². The van der Waals surface area contributed by atoms with Gasteiger partial charge in [0.1, 0.15) is 0 Å². The minimum Gasteiger partial charge on any atom is -0.370 e. The molecule has 2 rings (SSSR count). The molecule has 2 saturated heterocycles. The summed E-state index contributed by atoms with van der Waals surface area (Å²) in [5.41, 5.74) is 5.28. The molecule has 2 aliphatic rings. The molecule has 2 fully saturated rings. The van der Waals surface area contributed by atoms with E-state index in [0.29, 0.717) is 12.5 Å². The van der Waals surface area contributed by atoms with Crippen LogP contribution in [0.2, 0.25) is 0 Å². The lowest BCUT2D eigenvalue weighted by molar-refractivity contribution is -0.119. The van der Waals surface area contributed by atoms with Gasteiger partial charge in [0, 0.05) is 24.5 Å². The van der Waals surface area contributed by atoms with E-state index in [-0.39, 0.29) is 11.4 Å². The lowest BCUT2D eigenvalue weighted by Gasteiger charge is -2.34. The molecule has 2 unspecified atom stereocenters. The number of rotatable bonds is 3. The van der Waals surface area contributed by atoms with Gasteiger partial charge in [-0.2, -0.15) is 0 Å². The highest BCUT2D eigenvalue weighted by atomic mass is 16.1. The fourth-order valence-electron chi connectivity index (χ4n) is 3.13. The number of hydrogen-bond donors (Lipinski definition) is 2. The molecule has 0 aromatic heterocycles. The van der Waals surface area contributed by atoms with E-state index in [2.05, 4.69) is 10.2 Å². The number of carbonyl (C=O) groups is 1. The molecule has 4 nitrogen and oxygen atoms in total.